The lowest BCUT2D eigenvalue weighted by molar-refractivity contribution is 0.693. The third kappa shape index (κ3) is 2.45. The lowest BCUT2D eigenvalue weighted by Gasteiger charge is -2.10. The second-order valence-electron chi connectivity index (χ2n) is 3.53. The average Bonchev–Trinajstić information content (AvgIpc) is 2.86. The molecule has 0 aliphatic rings. The van der Waals surface area contributed by atoms with Crippen LogP contribution in [0.2, 0.25) is 0 Å². The van der Waals surface area contributed by atoms with Crippen LogP contribution in [-0.2, 0) is 6.42 Å². The molecule has 2 N–H and O–H groups in total. The lowest BCUT2D eigenvalue weighted by Crippen LogP contribution is -2.14. The Labute approximate surface area is 97.8 Å². The first kappa shape index (κ1) is 10.8. The molecule has 0 spiro atoms. The van der Waals surface area contributed by atoms with Crippen molar-refractivity contribution in [3.8, 4) is 0 Å². The SMILES string of the molecule is Cc1ccsc1CC(CN)c1nccs1. The monoisotopic (exact) mass is 238 g/mol. The van der Waals surface area contributed by atoms with Crippen molar-refractivity contribution in [1.29, 1.82) is 0 Å². The topological polar surface area (TPSA) is 38.9 Å². The molecule has 80 valence electrons. The molecule has 0 fully saturated rings. The van der Waals surface area contributed by atoms with Crippen molar-refractivity contribution in [2.24, 2.45) is 5.73 Å². The Morgan fingerprint density at radius 2 is 2.27 bits per heavy atom. The number of aryl methyl sites for hydroxylation is 1. The fourth-order valence-electron chi connectivity index (χ4n) is 1.54. The van der Waals surface area contributed by atoms with Gasteiger partial charge in [-0.2, -0.15) is 0 Å². The maximum Gasteiger partial charge on any atom is 0.0972 e. The number of nitrogens with two attached hydrogens (primary N) is 1. The minimum absolute atomic E-state index is 0.377. The number of hydrogen-bond donors (Lipinski definition) is 1. The van der Waals surface area contributed by atoms with E-state index in [-0.39, 0.29) is 0 Å². The van der Waals surface area contributed by atoms with Crippen LogP contribution in [0, 0.1) is 6.92 Å². The van der Waals surface area contributed by atoms with Crippen LogP contribution in [-0.4, -0.2) is 11.5 Å². The zero-order valence-electron chi connectivity index (χ0n) is 8.64. The van der Waals surface area contributed by atoms with Crippen molar-refractivity contribution in [1.82, 2.24) is 4.98 Å². The normalized spacial score (nSPS) is 12.9. The summed E-state index contributed by atoms with van der Waals surface area (Å²) in [7, 11) is 0. The molecule has 4 heteroatoms. The number of thiazole rings is 1. The van der Waals surface area contributed by atoms with Gasteiger partial charge in [0.1, 0.15) is 0 Å². The van der Waals surface area contributed by atoms with Gasteiger partial charge in [-0.15, -0.1) is 22.7 Å². The minimum atomic E-state index is 0.377. The van der Waals surface area contributed by atoms with E-state index >= 15 is 0 Å². The molecule has 0 amide bonds. The third-order valence-electron chi connectivity index (χ3n) is 2.49. The van der Waals surface area contributed by atoms with Gasteiger partial charge in [0.05, 0.1) is 5.01 Å². The Morgan fingerprint density at radius 1 is 1.40 bits per heavy atom. The van der Waals surface area contributed by atoms with Crippen molar-refractivity contribution in [3.05, 3.63) is 38.5 Å². The van der Waals surface area contributed by atoms with E-state index in [4.69, 9.17) is 5.73 Å². The van der Waals surface area contributed by atoms with E-state index < -0.39 is 0 Å². The summed E-state index contributed by atoms with van der Waals surface area (Å²) in [6.45, 7) is 2.83. The van der Waals surface area contributed by atoms with Crippen molar-refractivity contribution >= 4 is 22.7 Å². The van der Waals surface area contributed by atoms with Crippen LogP contribution in [0.4, 0.5) is 0 Å². The van der Waals surface area contributed by atoms with Gasteiger partial charge >= 0.3 is 0 Å². The maximum atomic E-state index is 5.80. The molecule has 2 aromatic rings. The van der Waals surface area contributed by atoms with Crippen molar-refractivity contribution in [2.75, 3.05) is 6.54 Å². The molecule has 1 atom stereocenters. The second-order valence-corrected chi connectivity index (χ2v) is 5.46. The summed E-state index contributed by atoms with van der Waals surface area (Å²) in [5.41, 5.74) is 7.17. The van der Waals surface area contributed by atoms with E-state index in [0.29, 0.717) is 12.5 Å². The number of nitrogens with zero attached hydrogens (tertiary/aromatic N) is 1. The minimum Gasteiger partial charge on any atom is -0.330 e. The van der Waals surface area contributed by atoms with Gasteiger partial charge in [-0.3, -0.25) is 0 Å². The van der Waals surface area contributed by atoms with Gasteiger partial charge in [-0.05, 0) is 30.4 Å². The van der Waals surface area contributed by atoms with Gasteiger partial charge < -0.3 is 5.73 Å². The van der Waals surface area contributed by atoms with Crippen LogP contribution in [0.5, 0.6) is 0 Å². The molecule has 2 rings (SSSR count). The van der Waals surface area contributed by atoms with E-state index in [1.165, 1.54) is 10.4 Å². The van der Waals surface area contributed by atoms with Crippen molar-refractivity contribution in [3.63, 3.8) is 0 Å². The summed E-state index contributed by atoms with van der Waals surface area (Å²) in [6.07, 6.45) is 2.87. The Hall–Kier alpha value is -0.710. The molecular weight excluding hydrogens is 224 g/mol. The fraction of sp³-hybridized carbons (Fsp3) is 0.364. The molecule has 0 radical (unpaired) electrons. The molecular formula is C11H14N2S2. The smallest absolute Gasteiger partial charge is 0.0972 e. The number of hydrogen-bond acceptors (Lipinski definition) is 4. The standard InChI is InChI=1S/C11H14N2S2/c1-8-2-4-14-10(8)6-9(7-12)11-13-3-5-15-11/h2-5,9H,6-7,12H2,1H3. The Kier molecular flexibility index (Phi) is 3.51. The van der Waals surface area contributed by atoms with E-state index in [1.54, 1.807) is 11.3 Å². The van der Waals surface area contributed by atoms with Crippen LogP contribution in [0.1, 0.15) is 21.4 Å². The molecule has 2 nitrogen and oxygen atoms in total. The molecule has 0 aliphatic heterocycles. The first-order chi connectivity index (χ1) is 7.31. The Bertz CT molecular complexity index is 406. The van der Waals surface area contributed by atoms with Crippen LogP contribution < -0.4 is 5.73 Å². The highest BCUT2D eigenvalue weighted by Gasteiger charge is 2.14. The third-order valence-corrected chi connectivity index (χ3v) is 4.47. The maximum absolute atomic E-state index is 5.80. The lowest BCUT2D eigenvalue weighted by atomic mass is 10.0. The summed E-state index contributed by atoms with van der Waals surface area (Å²) in [5, 5.41) is 5.31. The van der Waals surface area contributed by atoms with E-state index in [1.807, 2.05) is 22.9 Å². The number of thiophene rings is 1. The van der Waals surface area contributed by atoms with Gasteiger partial charge in [0.15, 0.2) is 0 Å². The first-order valence-corrected chi connectivity index (χ1v) is 6.69. The molecule has 15 heavy (non-hydrogen) atoms. The van der Waals surface area contributed by atoms with Crippen LogP contribution in [0.15, 0.2) is 23.0 Å². The highest BCUT2D eigenvalue weighted by Crippen LogP contribution is 2.26. The van der Waals surface area contributed by atoms with Crippen LogP contribution >= 0.6 is 22.7 Å². The van der Waals surface area contributed by atoms with E-state index in [9.17, 15) is 0 Å². The molecule has 2 aromatic heterocycles. The van der Waals surface area contributed by atoms with Gasteiger partial charge in [-0.25, -0.2) is 4.98 Å². The quantitative estimate of drug-likeness (QED) is 0.889. The molecule has 2 heterocycles. The second kappa shape index (κ2) is 4.88. The summed E-state index contributed by atoms with van der Waals surface area (Å²) < 4.78 is 0. The van der Waals surface area contributed by atoms with Crippen molar-refractivity contribution < 1.29 is 0 Å². The Morgan fingerprint density at radius 3 is 2.80 bits per heavy atom. The van der Waals surface area contributed by atoms with Crippen LogP contribution in [0.25, 0.3) is 0 Å². The highest BCUT2D eigenvalue weighted by atomic mass is 32.1. The fourth-order valence-corrected chi connectivity index (χ4v) is 3.29. The summed E-state index contributed by atoms with van der Waals surface area (Å²) in [5.74, 6) is 0.377. The largest absolute Gasteiger partial charge is 0.330 e. The Balaban J connectivity index is 2.13. The molecule has 0 bridgehead atoms. The number of rotatable bonds is 4. The predicted molar refractivity (Wildman–Crippen MR) is 66.7 cm³/mol. The number of aromatic nitrogens is 1. The van der Waals surface area contributed by atoms with Gasteiger partial charge in [-0.1, -0.05) is 0 Å². The summed E-state index contributed by atoms with van der Waals surface area (Å²) in [6, 6.07) is 2.16. The van der Waals surface area contributed by atoms with Crippen molar-refractivity contribution in [2.45, 2.75) is 19.3 Å². The van der Waals surface area contributed by atoms with Crippen LogP contribution in [0.3, 0.4) is 0 Å². The van der Waals surface area contributed by atoms with Gasteiger partial charge in [0.2, 0.25) is 0 Å². The average molecular weight is 238 g/mol. The molecule has 0 saturated carbocycles. The first-order valence-electron chi connectivity index (χ1n) is 4.93. The summed E-state index contributed by atoms with van der Waals surface area (Å²) >= 11 is 3.51. The summed E-state index contributed by atoms with van der Waals surface area (Å²) in [4.78, 5) is 5.77. The predicted octanol–water partition coefficient (Wildman–Crippen LogP) is 2.80. The van der Waals surface area contributed by atoms with E-state index in [2.05, 4.69) is 23.4 Å². The molecule has 0 aromatic carbocycles. The van der Waals surface area contributed by atoms with E-state index in [0.717, 1.165) is 11.4 Å². The van der Waals surface area contributed by atoms with Gasteiger partial charge in [0, 0.05) is 28.9 Å². The van der Waals surface area contributed by atoms with Gasteiger partial charge in [0.25, 0.3) is 0 Å². The zero-order valence-corrected chi connectivity index (χ0v) is 10.3. The molecule has 1 unspecified atom stereocenters. The molecule has 0 saturated heterocycles. The highest BCUT2D eigenvalue weighted by molar-refractivity contribution is 7.10. The molecule has 0 aliphatic carbocycles. The zero-order chi connectivity index (χ0) is 10.7.